The van der Waals surface area contributed by atoms with Crippen molar-refractivity contribution in [2.75, 3.05) is 33.3 Å². The summed E-state index contributed by atoms with van der Waals surface area (Å²) in [5.41, 5.74) is 0.677. The van der Waals surface area contributed by atoms with Gasteiger partial charge in [-0.3, -0.25) is 19.2 Å². The highest BCUT2D eigenvalue weighted by Crippen LogP contribution is 2.20. The second-order valence-corrected chi connectivity index (χ2v) is 6.50. The third-order valence-corrected chi connectivity index (χ3v) is 4.57. The molecule has 1 aliphatic rings. The molecule has 0 saturated carbocycles. The van der Waals surface area contributed by atoms with Crippen LogP contribution in [0.15, 0.2) is 24.3 Å². The zero-order chi connectivity index (χ0) is 20.0. The number of piperazine rings is 1. The van der Waals surface area contributed by atoms with Crippen LogP contribution in [0.2, 0.25) is 5.02 Å². The molecule has 1 heterocycles. The molecule has 1 unspecified atom stereocenters. The zero-order valence-corrected chi connectivity index (χ0v) is 16.0. The minimum Gasteiger partial charge on any atom is -0.469 e. The number of likely N-dealkylation sites (N-methyl/N-ethyl adjacent to an activating group) is 1. The van der Waals surface area contributed by atoms with E-state index in [0.717, 1.165) is 0 Å². The number of nitrogens with one attached hydrogen (secondary N) is 1. The number of rotatable bonds is 7. The standard InChI is InChI=1S/C18H22ClN3O5/c1-3-21-8-9-22(18(26)17(21)25)11-15(23)20-14(10-16(24)27-2)12-4-6-13(19)7-5-12/h4-7,14H,3,8-11H2,1-2H3,(H,20,23). The van der Waals surface area contributed by atoms with E-state index in [9.17, 15) is 19.2 Å². The molecular weight excluding hydrogens is 374 g/mol. The largest absolute Gasteiger partial charge is 0.469 e. The Morgan fingerprint density at radius 1 is 1.15 bits per heavy atom. The van der Waals surface area contributed by atoms with Gasteiger partial charge in [-0.25, -0.2) is 0 Å². The maximum absolute atomic E-state index is 12.4. The van der Waals surface area contributed by atoms with Crippen molar-refractivity contribution in [2.24, 2.45) is 0 Å². The summed E-state index contributed by atoms with van der Waals surface area (Å²) in [6.07, 6.45) is -0.0691. The fourth-order valence-electron chi connectivity index (χ4n) is 2.78. The molecule has 2 rings (SSSR count). The lowest BCUT2D eigenvalue weighted by atomic mass is 10.0. The molecular formula is C18H22ClN3O5. The highest BCUT2D eigenvalue weighted by atomic mass is 35.5. The molecule has 1 atom stereocenters. The second kappa shape index (κ2) is 9.36. The summed E-state index contributed by atoms with van der Waals surface area (Å²) in [6.45, 7) is 2.65. The number of nitrogens with zero attached hydrogens (tertiary/aromatic N) is 2. The van der Waals surface area contributed by atoms with Crippen LogP contribution in [0.25, 0.3) is 0 Å². The van der Waals surface area contributed by atoms with Crippen molar-refractivity contribution in [2.45, 2.75) is 19.4 Å². The average Bonchev–Trinajstić information content (AvgIpc) is 2.65. The summed E-state index contributed by atoms with van der Waals surface area (Å²) in [6, 6.07) is 6.07. The van der Waals surface area contributed by atoms with Gasteiger partial charge < -0.3 is 19.9 Å². The zero-order valence-electron chi connectivity index (χ0n) is 15.2. The molecule has 146 valence electrons. The lowest BCUT2D eigenvalue weighted by Gasteiger charge is -2.33. The van der Waals surface area contributed by atoms with Crippen LogP contribution in [0.5, 0.6) is 0 Å². The molecule has 0 aliphatic carbocycles. The van der Waals surface area contributed by atoms with E-state index in [2.05, 4.69) is 10.1 Å². The lowest BCUT2D eigenvalue weighted by Crippen LogP contribution is -2.56. The quantitative estimate of drug-likeness (QED) is 0.543. The summed E-state index contributed by atoms with van der Waals surface area (Å²) in [4.78, 5) is 50.8. The van der Waals surface area contributed by atoms with Gasteiger partial charge in [0.25, 0.3) is 0 Å². The number of benzene rings is 1. The summed E-state index contributed by atoms with van der Waals surface area (Å²) in [7, 11) is 1.26. The Bertz CT molecular complexity index is 722. The van der Waals surface area contributed by atoms with Crippen LogP contribution in [0.1, 0.15) is 24.9 Å². The molecule has 3 amide bonds. The third kappa shape index (κ3) is 5.43. The van der Waals surface area contributed by atoms with Crippen molar-refractivity contribution >= 4 is 35.3 Å². The third-order valence-electron chi connectivity index (χ3n) is 4.32. The Balaban J connectivity index is 2.05. The minimum atomic E-state index is -0.700. The molecule has 1 aromatic carbocycles. The molecule has 0 radical (unpaired) electrons. The molecule has 27 heavy (non-hydrogen) atoms. The van der Waals surface area contributed by atoms with E-state index < -0.39 is 29.7 Å². The lowest BCUT2D eigenvalue weighted by molar-refractivity contribution is -0.156. The normalized spacial score (nSPS) is 15.5. The van der Waals surface area contributed by atoms with Gasteiger partial charge in [0.1, 0.15) is 6.54 Å². The minimum absolute atomic E-state index is 0.0691. The fourth-order valence-corrected chi connectivity index (χ4v) is 2.90. The van der Waals surface area contributed by atoms with E-state index in [-0.39, 0.29) is 19.5 Å². The van der Waals surface area contributed by atoms with Gasteiger partial charge in [-0.15, -0.1) is 0 Å². The number of hydrogen-bond acceptors (Lipinski definition) is 5. The Hall–Kier alpha value is -2.61. The molecule has 1 saturated heterocycles. The van der Waals surface area contributed by atoms with E-state index in [1.165, 1.54) is 16.9 Å². The summed E-state index contributed by atoms with van der Waals surface area (Å²) < 4.78 is 4.68. The number of ether oxygens (including phenoxy) is 1. The summed E-state index contributed by atoms with van der Waals surface area (Å²) in [5.74, 6) is -2.27. The Morgan fingerprint density at radius 3 is 2.33 bits per heavy atom. The number of amides is 3. The van der Waals surface area contributed by atoms with E-state index in [1.807, 2.05) is 0 Å². The predicted octanol–water partition coefficient (Wildman–Crippen LogP) is 0.751. The van der Waals surface area contributed by atoms with Crippen molar-refractivity contribution in [3.8, 4) is 0 Å². The molecule has 0 aromatic heterocycles. The first-order valence-electron chi connectivity index (χ1n) is 8.55. The average molecular weight is 396 g/mol. The first-order chi connectivity index (χ1) is 12.8. The second-order valence-electron chi connectivity index (χ2n) is 6.06. The molecule has 0 spiro atoms. The van der Waals surface area contributed by atoms with Crippen LogP contribution < -0.4 is 5.32 Å². The number of halogens is 1. The van der Waals surface area contributed by atoms with Gasteiger partial charge in [-0.2, -0.15) is 0 Å². The number of carbonyl (C=O) groups excluding carboxylic acids is 4. The van der Waals surface area contributed by atoms with Gasteiger partial charge >= 0.3 is 17.8 Å². The number of carbonyl (C=O) groups is 4. The van der Waals surface area contributed by atoms with Crippen LogP contribution in [0.4, 0.5) is 0 Å². The maximum Gasteiger partial charge on any atom is 0.312 e. The highest BCUT2D eigenvalue weighted by Gasteiger charge is 2.33. The van der Waals surface area contributed by atoms with E-state index >= 15 is 0 Å². The van der Waals surface area contributed by atoms with Crippen LogP contribution in [0.3, 0.4) is 0 Å². The molecule has 9 heteroatoms. The van der Waals surface area contributed by atoms with E-state index in [1.54, 1.807) is 31.2 Å². The van der Waals surface area contributed by atoms with Crippen molar-refractivity contribution in [1.82, 2.24) is 15.1 Å². The van der Waals surface area contributed by atoms with E-state index in [0.29, 0.717) is 23.7 Å². The molecule has 0 bridgehead atoms. The molecule has 8 nitrogen and oxygen atoms in total. The molecule has 1 aromatic rings. The van der Waals surface area contributed by atoms with Crippen LogP contribution in [-0.2, 0) is 23.9 Å². The maximum atomic E-state index is 12.4. The van der Waals surface area contributed by atoms with E-state index in [4.69, 9.17) is 11.6 Å². The Labute approximate surface area is 162 Å². The van der Waals surface area contributed by atoms with Crippen molar-refractivity contribution < 1.29 is 23.9 Å². The number of methoxy groups -OCH3 is 1. The SMILES string of the molecule is CCN1CCN(CC(=O)NC(CC(=O)OC)c2ccc(Cl)cc2)C(=O)C1=O. The molecule has 1 fully saturated rings. The van der Waals surface area contributed by atoms with Crippen LogP contribution in [0, 0.1) is 0 Å². The van der Waals surface area contributed by atoms with Crippen molar-refractivity contribution in [3.63, 3.8) is 0 Å². The van der Waals surface area contributed by atoms with Gasteiger partial charge in [-0.05, 0) is 24.6 Å². The van der Waals surface area contributed by atoms with Crippen LogP contribution >= 0.6 is 11.6 Å². The number of hydrogen-bond donors (Lipinski definition) is 1. The fraction of sp³-hybridized carbons (Fsp3) is 0.444. The Kier molecular flexibility index (Phi) is 7.18. The molecule has 1 N–H and O–H groups in total. The van der Waals surface area contributed by atoms with Gasteiger partial charge in [0, 0.05) is 24.7 Å². The predicted molar refractivity (Wildman–Crippen MR) is 97.8 cm³/mol. The monoisotopic (exact) mass is 395 g/mol. The summed E-state index contributed by atoms with van der Waals surface area (Å²) >= 11 is 5.88. The highest BCUT2D eigenvalue weighted by molar-refractivity contribution is 6.35. The Morgan fingerprint density at radius 2 is 1.74 bits per heavy atom. The smallest absolute Gasteiger partial charge is 0.312 e. The molecule has 1 aliphatic heterocycles. The summed E-state index contributed by atoms with van der Waals surface area (Å²) in [5, 5.41) is 3.25. The van der Waals surface area contributed by atoms with Gasteiger partial charge in [-0.1, -0.05) is 23.7 Å². The van der Waals surface area contributed by atoms with Gasteiger partial charge in [0.05, 0.1) is 19.6 Å². The first-order valence-corrected chi connectivity index (χ1v) is 8.93. The van der Waals surface area contributed by atoms with Gasteiger partial charge in [0.15, 0.2) is 0 Å². The van der Waals surface area contributed by atoms with Crippen molar-refractivity contribution in [3.05, 3.63) is 34.9 Å². The first kappa shape index (κ1) is 20.7. The number of esters is 1. The van der Waals surface area contributed by atoms with Crippen molar-refractivity contribution in [1.29, 1.82) is 0 Å². The van der Waals surface area contributed by atoms with Crippen LogP contribution in [-0.4, -0.2) is 66.8 Å². The van der Waals surface area contributed by atoms with Gasteiger partial charge in [0.2, 0.25) is 5.91 Å². The topological polar surface area (TPSA) is 96.0 Å².